The zero-order valence-corrected chi connectivity index (χ0v) is 17.5. The van der Waals surface area contributed by atoms with E-state index in [1.807, 2.05) is 13.8 Å². The van der Waals surface area contributed by atoms with Crippen molar-refractivity contribution in [2.24, 2.45) is 0 Å². The van der Waals surface area contributed by atoms with Crippen molar-refractivity contribution in [2.75, 3.05) is 5.32 Å². The van der Waals surface area contributed by atoms with E-state index >= 15 is 0 Å². The van der Waals surface area contributed by atoms with Crippen molar-refractivity contribution >= 4 is 5.82 Å². The maximum Gasteiger partial charge on any atom is 0.350 e. The monoisotopic (exact) mass is 437 g/mol. The summed E-state index contributed by atoms with van der Waals surface area (Å²) in [4.78, 5) is 16.9. The van der Waals surface area contributed by atoms with Crippen LogP contribution in [-0.4, -0.2) is 25.4 Å². The Labute approximate surface area is 182 Å². The Bertz CT molecular complexity index is 1260. The zero-order chi connectivity index (χ0) is 22.7. The summed E-state index contributed by atoms with van der Waals surface area (Å²) in [5, 5.41) is 7.27. The van der Waals surface area contributed by atoms with Gasteiger partial charge < -0.3 is 10.1 Å². The average molecular weight is 437 g/mol. The maximum absolute atomic E-state index is 13.9. The number of aromatic nitrogens is 4. The third-order valence-electron chi connectivity index (χ3n) is 4.61. The molecule has 0 amide bonds. The molecule has 0 bridgehead atoms. The highest BCUT2D eigenvalue weighted by atomic mass is 19.1. The largest absolute Gasteiger partial charge is 0.457 e. The predicted octanol–water partition coefficient (Wildman–Crippen LogP) is 4.37. The Balaban J connectivity index is 1.51. The van der Waals surface area contributed by atoms with Gasteiger partial charge in [-0.2, -0.15) is 9.78 Å². The Kier molecular flexibility index (Phi) is 5.98. The van der Waals surface area contributed by atoms with Crippen LogP contribution in [0.1, 0.15) is 19.4 Å². The molecule has 0 aliphatic heterocycles. The van der Waals surface area contributed by atoms with E-state index < -0.39 is 17.3 Å². The number of anilines is 1. The van der Waals surface area contributed by atoms with Crippen LogP contribution < -0.4 is 15.7 Å². The SMILES string of the molecule is CC(C)Nc1cc(Oc2ccc(-n3ncn(Cc4c(F)cccc4F)c3=O)cc2)ccn1. The number of rotatable bonds is 7. The highest BCUT2D eigenvalue weighted by molar-refractivity contribution is 5.44. The number of benzene rings is 2. The lowest BCUT2D eigenvalue weighted by Gasteiger charge is -2.11. The second-order valence-corrected chi connectivity index (χ2v) is 7.43. The zero-order valence-electron chi connectivity index (χ0n) is 17.5. The molecule has 0 fully saturated rings. The van der Waals surface area contributed by atoms with Crippen LogP contribution in [-0.2, 0) is 6.54 Å². The first-order valence-electron chi connectivity index (χ1n) is 9.99. The van der Waals surface area contributed by atoms with Crippen molar-refractivity contribution in [3.05, 3.63) is 94.8 Å². The molecule has 4 aromatic rings. The standard InChI is InChI=1S/C23H21F2N5O2/c1-15(2)28-22-12-18(10-11-26-22)32-17-8-6-16(7-9-17)30-23(31)29(14-27-30)13-19-20(24)4-3-5-21(19)25/h3-12,14-15H,13H2,1-2H3,(H,26,28). The molecule has 0 atom stereocenters. The summed E-state index contributed by atoms with van der Waals surface area (Å²) in [6.07, 6.45) is 2.90. The van der Waals surface area contributed by atoms with Gasteiger partial charge in [-0.15, -0.1) is 0 Å². The van der Waals surface area contributed by atoms with E-state index in [9.17, 15) is 13.6 Å². The molecule has 7 nitrogen and oxygen atoms in total. The van der Waals surface area contributed by atoms with Gasteiger partial charge in [-0.25, -0.2) is 18.6 Å². The van der Waals surface area contributed by atoms with Gasteiger partial charge in [-0.3, -0.25) is 4.57 Å². The Morgan fingerprint density at radius 1 is 1.03 bits per heavy atom. The van der Waals surface area contributed by atoms with Gasteiger partial charge in [0.2, 0.25) is 0 Å². The lowest BCUT2D eigenvalue weighted by atomic mass is 10.2. The van der Waals surface area contributed by atoms with Crippen molar-refractivity contribution < 1.29 is 13.5 Å². The first-order chi connectivity index (χ1) is 15.4. The fourth-order valence-electron chi connectivity index (χ4n) is 3.11. The van der Waals surface area contributed by atoms with Gasteiger partial charge in [-0.1, -0.05) is 6.07 Å². The molecule has 1 N–H and O–H groups in total. The number of nitrogens with zero attached hydrogens (tertiary/aromatic N) is 4. The van der Waals surface area contributed by atoms with Gasteiger partial charge in [0, 0.05) is 23.9 Å². The molecule has 0 saturated heterocycles. The molecule has 4 rings (SSSR count). The van der Waals surface area contributed by atoms with Gasteiger partial charge in [0.05, 0.1) is 12.2 Å². The van der Waals surface area contributed by atoms with E-state index in [0.29, 0.717) is 23.0 Å². The smallest absolute Gasteiger partial charge is 0.350 e. The molecular formula is C23H21F2N5O2. The fraction of sp³-hybridized carbons (Fsp3) is 0.174. The number of nitrogens with one attached hydrogen (secondary N) is 1. The molecule has 0 aliphatic carbocycles. The predicted molar refractivity (Wildman–Crippen MR) is 116 cm³/mol. The summed E-state index contributed by atoms with van der Waals surface area (Å²) in [7, 11) is 0. The first kappa shape index (κ1) is 21.2. The van der Waals surface area contributed by atoms with Crippen LogP contribution in [0.25, 0.3) is 5.69 Å². The Hall–Kier alpha value is -4.01. The summed E-state index contributed by atoms with van der Waals surface area (Å²) < 4.78 is 36.0. The van der Waals surface area contributed by atoms with Crippen LogP contribution in [0.2, 0.25) is 0 Å². The van der Waals surface area contributed by atoms with Crippen LogP contribution in [0.3, 0.4) is 0 Å². The van der Waals surface area contributed by atoms with Crippen LogP contribution in [0.5, 0.6) is 11.5 Å². The molecule has 164 valence electrons. The summed E-state index contributed by atoms with van der Waals surface area (Å²) in [5.74, 6) is 0.459. The van der Waals surface area contributed by atoms with Crippen molar-refractivity contribution in [1.82, 2.24) is 19.3 Å². The molecule has 2 heterocycles. The second-order valence-electron chi connectivity index (χ2n) is 7.43. The van der Waals surface area contributed by atoms with E-state index in [1.165, 1.54) is 12.4 Å². The van der Waals surface area contributed by atoms with Crippen molar-refractivity contribution in [1.29, 1.82) is 0 Å². The minimum Gasteiger partial charge on any atom is -0.457 e. The summed E-state index contributed by atoms with van der Waals surface area (Å²) in [5.41, 5.74) is -0.214. The minimum absolute atomic E-state index is 0.193. The van der Waals surface area contributed by atoms with E-state index in [-0.39, 0.29) is 18.2 Å². The number of hydrogen-bond donors (Lipinski definition) is 1. The first-order valence-corrected chi connectivity index (χ1v) is 9.99. The third-order valence-corrected chi connectivity index (χ3v) is 4.61. The molecule has 0 unspecified atom stereocenters. The van der Waals surface area contributed by atoms with Gasteiger partial charge in [-0.05, 0) is 56.3 Å². The highest BCUT2D eigenvalue weighted by Crippen LogP contribution is 2.24. The molecule has 2 aromatic carbocycles. The Morgan fingerprint density at radius 3 is 2.44 bits per heavy atom. The summed E-state index contributed by atoms with van der Waals surface area (Å²) >= 11 is 0. The van der Waals surface area contributed by atoms with Crippen LogP contribution in [0.4, 0.5) is 14.6 Å². The topological polar surface area (TPSA) is 74.0 Å². The number of halogens is 2. The van der Waals surface area contributed by atoms with Crippen molar-refractivity contribution in [2.45, 2.75) is 26.4 Å². The van der Waals surface area contributed by atoms with Gasteiger partial charge >= 0.3 is 5.69 Å². The van der Waals surface area contributed by atoms with Gasteiger partial charge in [0.1, 0.15) is 35.3 Å². The lowest BCUT2D eigenvalue weighted by molar-refractivity contribution is 0.482. The summed E-state index contributed by atoms with van der Waals surface area (Å²) in [6, 6.07) is 14.1. The molecular weight excluding hydrogens is 416 g/mol. The third kappa shape index (κ3) is 4.66. The molecule has 0 aliphatic rings. The lowest BCUT2D eigenvalue weighted by Crippen LogP contribution is -2.24. The molecule has 32 heavy (non-hydrogen) atoms. The van der Waals surface area contributed by atoms with Crippen LogP contribution in [0, 0.1) is 11.6 Å². The number of pyridine rings is 1. The number of ether oxygens (including phenoxy) is 1. The molecule has 0 saturated carbocycles. The van der Waals surface area contributed by atoms with E-state index in [0.717, 1.165) is 21.4 Å². The summed E-state index contributed by atoms with van der Waals surface area (Å²) in [6.45, 7) is 3.78. The van der Waals surface area contributed by atoms with Gasteiger partial charge in [0.25, 0.3) is 0 Å². The van der Waals surface area contributed by atoms with Crippen molar-refractivity contribution in [3.8, 4) is 17.2 Å². The molecule has 0 spiro atoms. The van der Waals surface area contributed by atoms with E-state index in [1.54, 1.807) is 42.6 Å². The normalized spacial score (nSPS) is 11.0. The fourth-order valence-corrected chi connectivity index (χ4v) is 3.11. The number of hydrogen-bond acceptors (Lipinski definition) is 5. The Morgan fingerprint density at radius 2 is 1.75 bits per heavy atom. The van der Waals surface area contributed by atoms with Crippen LogP contribution >= 0.6 is 0 Å². The van der Waals surface area contributed by atoms with Gasteiger partial charge in [0.15, 0.2) is 0 Å². The molecule has 2 aromatic heterocycles. The minimum atomic E-state index is -0.714. The van der Waals surface area contributed by atoms with Crippen molar-refractivity contribution in [3.63, 3.8) is 0 Å². The molecule has 9 heteroatoms. The molecule has 0 radical (unpaired) electrons. The second kappa shape index (κ2) is 9.01. The van der Waals surface area contributed by atoms with E-state index in [2.05, 4.69) is 15.4 Å². The average Bonchev–Trinajstić information content (AvgIpc) is 3.11. The van der Waals surface area contributed by atoms with Crippen LogP contribution in [0.15, 0.2) is 71.9 Å². The van der Waals surface area contributed by atoms with E-state index in [4.69, 9.17) is 4.74 Å². The highest BCUT2D eigenvalue weighted by Gasteiger charge is 2.13. The quantitative estimate of drug-likeness (QED) is 0.465. The maximum atomic E-state index is 13.9.